The van der Waals surface area contributed by atoms with Crippen molar-refractivity contribution in [2.45, 2.75) is 6.54 Å². The first-order chi connectivity index (χ1) is 14.2. The Hall–Kier alpha value is -3.58. The summed E-state index contributed by atoms with van der Waals surface area (Å²) in [6.45, 7) is 0.554. The minimum absolute atomic E-state index is 0.188. The van der Waals surface area contributed by atoms with Crippen LogP contribution in [-0.4, -0.2) is 23.6 Å². The van der Waals surface area contributed by atoms with Gasteiger partial charge in [0.25, 0.3) is 5.91 Å². The molecule has 1 amide bonds. The number of aliphatic imine (C=N–C) groups is 1. The molecule has 0 atom stereocenters. The smallest absolute Gasteiger partial charge is 0.258 e. The number of nitrogens with zero attached hydrogens (tertiary/aromatic N) is 2. The summed E-state index contributed by atoms with van der Waals surface area (Å²) in [5.41, 5.74) is 2.10. The lowest BCUT2D eigenvalue weighted by Crippen LogP contribution is -2.36. The normalized spacial score (nSPS) is 12.5. The van der Waals surface area contributed by atoms with Crippen LogP contribution < -0.4 is 20.1 Å². The molecular formula is C21H17ClN4O3. The maximum atomic E-state index is 12.7. The van der Waals surface area contributed by atoms with E-state index in [9.17, 15) is 4.79 Å². The molecule has 0 saturated heterocycles. The van der Waals surface area contributed by atoms with Crippen LogP contribution in [0.5, 0.6) is 11.5 Å². The molecular weight excluding hydrogens is 392 g/mol. The van der Waals surface area contributed by atoms with Gasteiger partial charge in [0, 0.05) is 34.7 Å². The van der Waals surface area contributed by atoms with E-state index in [0.717, 1.165) is 5.56 Å². The standard InChI is InChI=1S/C21H17ClN4O3/c22-16-3-1-2-15(10-16)20(27)26-21(24-12-14-6-8-23-9-7-14)25-17-4-5-18-19(11-17)29-13-28-18/h1-11H,12-13H2,(H2,24,25,26,27). The van der Waals surface area contributed by atoms with Gasteiger partial charge in [-0.2, -0.15) is 0 Å². The van der Waals surface area contributed by atoms with E-state index in [1.165, 1.54) is 0 Å². The highest BCUT2D eigenvalue weighted by Gasteiger charge is 2.15. The molecule has 2 aromatic carbocycles. The minimum Gasteiger partial charge on any atom is -0.454 e. The molecule has 0 saturated carbocycles. The Morgan fingerprint density at radius 3 is 2.72 bits per heavy atom. The molecule has 2 heterocycles. The van der Waals surface area contributed by atoms with Crippen LogP contribution in [0.2, 0.25) is 5.02 Å². The van der Waals surface area contributed by atoms with Crippen molar-refractivity contribution in [2.75, 3.05) is 12.1 Å². The Labute approximate surface area is 172 Å². The van der Waals surface area contributed by atoms with Crippen LogP contribution in [0.3, 0.4) is 0 Å². The van der Waals surface area contributed by atoms with Crippen molar-refractivity contribution in [2.24, 2.45) is 4.99 Å². The fraction of sp³-hybridized carbons (Fsp3) is 0.0952. The number of aromatic nitrogens is 1. The first kappa shape index (κ1) is 18.8. The van der Waals surface area contributed by atoms with E-state index in [-0.39, 0.29) is 12.7 Å². The van der Waals surface area contributed by atoms with E-state index in [0.29, 0.717) is 40.3 Å². The minimum atomic E-state index is -0.325. The molecule has 0 bridgehead atoms. The highest BCUT2D eigenvalue weighted by atomic mass is 35.5. The third-order valence-corrected chi connectivity index (χ3v) is 4.36. The number of ether oxygens (including phenoxy) is 2. The van der Waals surface area contributed by atoms with Crippen molar-refractivity contribution in [3.63, 3.8) is 0 Å². The lowest BCUT2D eigenvalue weighted by atomic mass is 10.2. The number of halogens is 1. The van der Waals surface area contributed by atoms with Crippen LogP contribution in [0.15, 0.2) is 72.0 Å². The van der Waals surface area contributed by atoms with Crippen LogP contribution in [0.4, 0.5) is 5.69 Å². The molecule has 1 aliphatic rings. The zero-order valence-electron chi connectivity index (χ0n) is 15.3. The van der Waals surface area contributed by atoms with E-state index in [2.05, 4.69) is 20.6 Å². The maximum Gasteiger partial charge on any atom is 0.258 e. The number of guanidine groups is 1. The summed E-state index contributed by atoms with van der Waals surface area (Å²) in [7, 11) is 0. The number of amides is 1. The van der Waals surface area contributed by atoms with Crippen molar-refractivity contribution in [1.29, 1.82) is 0 Å². The number of rotatable bonds is 4. The van der Waals surface area contributed by atoms with Gasteiger partial charge < -0.3 is 14.8 Å². The number of hydrogen-bond acceptors (Lipinski definition) is 5. The SMILES string of the molecule is O=C(NC(=NCc1ccncc1)Nc1ccc2c(c1)OCO2)c1cccc(Cl)c1. The van der Waals surface area contributed by atoms with Gasteiger partial charge in [-0.25, -0.2) is 4.99 Å². The van der Waals surface area contributed by atoms with E-state index in [4.69, 9.17) is 21.1 Å². The molecule has 3 aromatic rings. The highest BCUT2D eigenvalue weighted by Crippen LogP contribution is 2.34. The quantitative estimate of drug-likeness (QED) is 0.505. The molecule has 0 fully saturated rings. The Bertz CT molecular complexity index is 1060. The molecule has 4 rings (SSSR count). The molecule has 29 heavy (non-hydrogen) atoms. The van der Waals surface area contributed by atoms with E-state index in [1.54, 1.807) is 48.8 Å². The summed E-state index contributed by atoms with van der Waals surface area (Å²) in [5, 5.41) is 6.41. The second-order valence-electron chi connectivity index (χ2n) is 6.18. The van der Waals surface area contributed by atoms with Crippen LogP contribution >= 0.6 is 11.6 Å². The number of anilines is 1. The van der Waals surface area contributed by atoms with Crippen molar-refractivity contribution < 1.29 is 14.3 Å². The van der Waals surface area contributed by atoms with Crippen LogP contribution in [0.25, 0.3) is 0 Å². The molecule has 1 aliphatic heterocycles. The number of hydrogen-bond donors (Lipinski definition) is 2. The van der Waals surface area contributed by atoms with Gasteiger partial charge in [-0.15, -0.1) is 0 Å². The molecule has 0 aliphatic carbocycles. The van der Waals surface area contributed by atoms with Crippen molar-refractivity contribution in [3.05, 3.63) is 83.1 Å². The van der Waals surface area contributed by atoms with E-state index >= 15 is 0 Å². The molecule has 0 radical (unpaired) electrons. The van der Waals surface area contributed by atoms with Gasteiger partial charge in [-0.1, -0.05) is 17.7 Å². The third-order valence-electron chi connectivity index (χ3n) is 4.12. The molecule has 2 N–H and O–H groups in total. The van der Waals surface area contributed by atoms with Crippen LogP contribution in [-0.2, 0) is 6.54 Å². The topological polar surface area (TPSA) is 84.8 Å². The third kappa shape index (κ3) is 4.83. The molecule has 1 aromatic heterocycles. The lowest BCUT2D eigenvalue weighted by Gasteiger charge is -2.12. The monoisotopic (exact) mass is 408 g/mol. The van der Waals surface area contributed by atoms with E-state index < -0.39 is 0 Å². The second kappa shape index (κ2) is 8.62. The van der Waals surface area contributed by atoms with Gasteiger partial charge in [0.1, 0.15) is 0 Å². The van der Waals surface area contributed by atoms with Crippen molar-refractivity contribution in [1.82, 2.24) is 10.3 Å². The average Bonchev–Trinajstić information content (AvgIpc) is 3.20. The number of carbonyl (C=O) groups is 1. The van der Waals surface area contributed by atoms with E-state index in [1.807, 2.05) is 18.2 Å². The van der Waals surface area contributed by atoms with Gasteiger partial charge in [0.15, 0.2) is 11.5 Å². The summed E-state index contributed by atoms with van der Waals surface area (Å²) in [4.78, 5) is 21.2. The predicted molar refractivity (Wildman–Crippen MR) is 110 cm³/mol. The van der Waals surface area contributed by atoms with Crippen molar-refractivity contribution >= 4 is 29.2 Å². The summed E-state index contributed by atoms with van der Waals surface area (Å²) in [6.07, 6.45) is 3.39. The number of carbonyl (C=O) groups excluding carboxylic acids is 1. The first-order valence-electron chi connectivity index (χ1n) is 8.84. The number of fused-ring (bicyclic) bond motifs is 1. The number of nitrogens with one attached hydrogen (secondary N) is 2. The van der Waals surface area contributed by atoms with Gasteiger partial charge in [-0.05, 0) is 48.0 Å². The predicted octanol–water partition coefficient (Wildman–Crippen LogP) is 3.86. The van der Waals surface area contributed by atoms with Gasteiger partial charge in [0.05, 0.1) is 6.54 Å². The number of pyridine rings is 1. The second-order valence-corrected chi connectivity index (χ2v) is 6.61. The molecule has 146 valence electrons. The Morgan fingerprint density at radius 1 is 1.07 bits per heavy atom. The van der Waals surface area contributed by atoms with Crippen molar-refractivity contribution in [3.8, 4) is 11.5 Å². The molecule has 8 heteroatoms. The Morgan fingerprint density at radius 2 is 1.90 bits per heavy atom. The zero-order valence-corrected chi connectivity index (χ0v) is 16.0. The largest absolute Gasteiger partial charge is 0.454 e. The van der Waals surface area contributed by atoms with Crippen LogP contribution in [0.1, 0.15) is 15.9 Å². The Kier molecular flexibility index (Phi) is 5.58. The molecule has 0 unspecified atom stereocenters. The van der Waals surface area contributed by atoms with Gasteiger partial charge >= 0.3 is 0 Å². The summed E-state index contributed by atoms with van der Waals surface area (Å²) < 4.78 is 10.7. The Balaban J connectivity index is 1.55. The van der Waals surface area contributed by atoms with Crippen LogP contribution in [0, 0.1) is 0 Å². The molecule has 7 nitrogen and oxygen atoms in total. The maximum absolute atomic E-state index is 12.7. The van der Waals surface area contributed by atoms with Gasteiger partial charge in [0.2, 0.25) is 12.8 Å². The molecule has 0 spiro atoms. The fourth-order valence-corrected chi connectivity index (χ4v) is 2.88. The summed E-state index contributed by atoms with van der Waals surface area (Å²) in [6, 6.07) is 15.8. The average molecular weight is 409 g/mol. The zero-order chi connectivity index (χ0) is 20.1. The lowest BCUT2D eigenvalue weighted by molar-refractivity contribution is 0.0977. The highest BCUT2D eigenvalue weighted by molar-refractivity contribution is 6.31. The summed E-state index contributed by atoms with van der Waals surface area (Å²) >= 11 is 5.99. The number of benzene rings is 2. The first-order valence-corrected chi connectivity index (χ1v) is 9.22. The van der Waals surface area contributed by atoms with Gasteiger partial charge in [-0.3, -0.25) is 15.1 Å². The fourth-order valence-electron chi connectivity index (χ4n) is 2.69. The summed E-state index contributed by atoms with van der Waals surface area (Å²) in [5.74, 6) is 1.28.